The SMILES string of the molecule is Cc1cc(OCCC(C)(C)CN)cc(C)c1Cl. The van der Waals surface area contributed by atoms with Crippen LogP contribution in [0.4, 0.5) is 0 Å². The van der Waals surface area contributed by atoms with Crippen molar-refractivity contribution in [3.05, 3.63) is 28.3 Å². The van der Waals surface area contributed by atoms with Crippen LogP contribution < -0.4 is 10.5 Å². The molecular weight excluding hydrogens is 234 g/mol. The summed E-state index contributed by atoms with van der Waals surface area (Å²) in [5.41, 5.74) is 7.93. The van der Waals surface area contributed by atoms with Crippen molar-refractivity contribution in [1.82, 2.24) is 0 Å². The van der Waals surface area contributed by atoms with Crippen LogP contribution in [0.2, 0.25) is 5.02 Å². The minimum atomic E-state index is 0.135. The Balaban J connectivity index is 2.59. The van der Waals surface area contributed by atoms with Crippen molar-refractivity contribution in [2.24, 2.45) is 11.1 Å². The van der Waals surface area contributed by atoms with Gasteiger partial charge in [-0.05, 0) is 55.5 Å². The first-order valence-electron chi connectivity index (χ1n) is 5.95. The van der Waals surface area contributed by atoms with E-state index in [-0.39, 0.29) is 5.41 Å². The second-order valence-corrected chi connectivity index (χ2v) is 5.72. The first-order chi connectivity index (χ1) is 7.85. The lowest BCUT2D eigenvalue weighted by Crippen LogP contribution is -2.25. The van der Waals surface area contributed by atoms with Crippen molar-refractivity contribution in [2.45, 2.75) is 34.1 Å². The van der Waals surface area contributed by atoms with Crippen molar-refractivity contribution in [3.63, 3.8) is 0 Å². The van der Waals surface area contributed by atoms with Gasteiger partial charge in [0.25, 0.3) is 0 Å². The van der Waals surface area contributed by atoms with Gasteiger partial charge in [0.1, 0.15) is 5.75 Å². The largest absolute Gasteiger partial charge is 0.494 e. The molecule has 0 fully saturated rings. The minimum Gasteiger partial charge on any atom is -0.494 e. The monoisotopic (exact) mass is 255 g/mol. The molecule has 0 bridgehead atoms. The summed E-state index contributed by atoms with van der Waals surface area (Å²) in [7, 11) is 0. The number of hydrogen-bond acceptors (Lipinski definition) is 2. The van der Waals surface area contributed by atoms with E-state index >= 15 is 0 Å². The van der Waals surface area contributed by atoms with Gasteiger partial charge in [0.05, 0.1) is 6.61 Å². The van der Waals surface area contributed by atoms with Gasteiger partial charge in [-0.25, -0.2) is 0 Å². The third kappa shape index (κ3) is 4.21. The fourth-order valence-electron chi connectivity index (χ4n) is 1.54. The number of aryl methyl sites for hydroxylation is 2. The average molecular weight is 256 g/mol. The fraction of sp³-hybridized carbons (Fsp3) is 0.571. The zero-order valence-corrected chi connectivity index (χ0v) is 11.9. The first kappa shape index (κ1) is 14.3. The Morgan fingerprint density at radius 3 is 2.24 bits per heavy atom. The predicted molar refractivity (Wildman–Crippen MR) is 73.9 cm³/mol. The third-order valence-corrected chi connectivity index (χ3v) is 3.61. The molecule has 0 aliphatic heterocycles. The molecule has 17 heavy (non-hydrogen) atoms. The van der Waals surface area contributed by atoms with Gasteiger partial charge < -0.3 is 10.5 Å². The topological polar surface area (TPSA) is 35.2 Å². The Kier molecular flexibility index (Phi) is 4.84. The van der Waals surface area contributed by atoms with Gasteiger partial charge in [-0.2, -0.15) is 0 Å². The maximum absolute atomic E-state index is 6.11. The summed E-state index contributed by atoms with van der Waals surface area (Å²) < 4.78 is 5.75. The molecule has 0 unspecified atom stereocenters. The van der Waals surface area contributed by atoms with Crippen LogP contribution in [0.25, 0.3) is 0 Å². The van der Waals surface area contributed by atoms with E-state index in [0.717, 1.165) is 28.3 Å². The van der Waals surface area contributed by atoms with E-state index in [9.17, 15) is 0 Å². The van der Waals surface area contributed by atoms with Gasteiger partial charge in [0.15, 0.2) is 0 Å². The molecule has 0 heterocycles. The van der Waals surface area contributed by atoms with Gasteiger partial charge in [-0.3, -0.25) is 0 Å². The average Bonchev–Trinajstić information content (AvgIpc) is 2.25. The lowest BCUT2D eigenvalue weighted by Gasteiger charge is -2.22. The molecule has 0 aromatic heterocycles. The molecule has 2 N–H and O–H groups in total. The maximum atomic E-state index is 6.11. The number of hydrogen-bond donors (Lipinski definition) is 1. The van der Waals surface area contributed by atoms with Crippen LogP contribution >= 0.6 is 11.6 Å². The molecule has 0 aliphatic carbocycles. The van der Waals surface area contributed by atoms with Gasteiger partial charge in [-0.15, -0.1) is 0 Å². The highest BCUT2D eigenvalue weighted by molar-refractivity contribution is 6.32. The zero-order valence-electron chi connectivity index (χ0n) is 11.1. The number of nitrogens with two attached hydrogens (primary N) is 1. The molecule has 1 aromatic rings. The summed E-state index contributed by atoms with van der Waals surface area (Å²) >= 11 is 6.11. The summed E-state index contributed by atoms with van der Waals surface area (Å²) in [6.45, 7) is 9.64. The van der Waals surface area contributed by atoms with Crippen LogP contribution in [0.3, 0.4) is 0 Å². The molecule has 1 rings (SSSR count). The molecule has 0 saturated heterocycles. The van der Waals surface area contributed by atoms with Crippen LogP contribution in [-0.4, -0.2) is 13.2 Å². The maximum Gasteiger partial charge on any atom is 0.119 e. The van der Waals surface area contributed by atoms with E-state index in [0.29, 0.717) is 13.2 Å². The van der Waals surface area contributed by atoms with E-state index in [2.05, 4.69) is 13.8 Å². The van der Waals surface area contributed by atoms with Crippen molar-refractivity contribution in [3.8, 4) is 5.75 Å². The smallest absolute Gasteiger partial charge is 0.119 e. The molecule has 96 valence electrons. The Hall–Kier alpha value is -0.730. The van der Waals surface area contributed by atoms with Crippen LogP contribution in [0, 0.1) is 19.3 Å². The highest BCUT2D eigenvalue weighted by Crippen LogP contribution is 2.26. The van der Waals surface area contributed by atoms with Crippen molar-refractivity contribution >= 4 is 11.6 Å². The van der Waals surface area contributed by atoms with E-state index < -0.39 is 0 Å². The van der Waals surface area contributed by atoms with Gasteiger partial charge in [0, 0.05) is 5.02 Å². The number of halogens is 1. The standard InChI is InChI=1S/C14H22ClNO/c1-10-7-12(8-11(2)13(10)15)17-6-5-14(3,4)9-16/h7-8H,5-6,9,16H2,1-4H3. The van der Waals surface area contributed by atoms with E-state index in [4.69, 9.17) is 22.1 Å². The lowest BCUT2D eigenvalue weighted by atomic mass is 9.90. The zero-order chi connectivity index (χ0) is 13.1. The van der Waals surface area contributed by atoms with Gasteiger partial charge >= 0.3 is 0 Å². The Labute approximate surface area is 109 Å². The van der Waals surface area contributed by atoms with Crippen LogP contribution in [-0.2, 0) is 0 Å². The quantitative estimate of drug-likeness (QED) is 0.871. The van der Waals surface area contributed by atoms with Crippen molar-refractivity contribution in [1.29, 1.82) is 0 Å². The first-order valence-corrected chi connectivity index (χ1v) is 6.33. The molecule has 3 heteroatoms. The summed E-state index contributed by atoms with van der Waals surface area (Å²) in [6, 6.07) is 3.95. The molecule has 0 amide bonds. The molecule has 0 saturated carbocycles. The number of ether oxygens (including phenoxy) is 1. The third-order valence-electron chi connectivity index (χ3n) is 3.01. The highest BCUT2D eigenvalue weighted by atomic mass is 35.5. The number of benzene rings is 1. The molecule has 1 aromatic carbocycles. The molecular formula is C14H22ClNO. The van der Waals surface area contributed by atoms with Crippen LogP contribution in [0.15, 0.2) is 12.1 Å². The second-order valence-electron chi connectivity index (χ2n) is 5.34. The molecule has 0 aliphatic rings. The second kappa shape index (κ2) is 5.74. The number of rotatable bonds is 5. The molecule has 0 radical (unpaired) electrons. The molecule has 0 spiro atoms. The Bertz CT molecular complexity index is 365. The van der Waals surface area contributed by atoms with Crippen molar-refractivity contribution in [2.75, 3.05) is 13.2 Å². The summed E-state index contributed by atoms with van der Waals surface area (Å²) in [4.78, 5) is 0. The minimum absolute atomic E-state index is 0.135. The summed E-state index contributed by atoms with van der Waals surface area (Å²) in [6.07, 6.45) is 0.949. The predicted octanol–water partition coefficient (Wildman–Crippen LogP) is 3.71. The van der Waals surface area contributed by atoms with E-state index in [1.165, 1.54) is 0 Å². The fourth-order valence-corrected chi connectivity index (χ4v) is 1.65. The van der Waals surface area contributed by atoms with Crippen LogP contribution in [0.5, 0.6) is 5.75 Å². The van der Waals surface area contributed by atoms with Crippen LogP contribution in [0.1, 0.15) is 31.4 Å². The van der Waals surface area contributed by atoms with E-state index in [1.807, 2.05) is 26.0 Å². The Morgan fingerprint density at radius 1 is 1.24 bits per heavy atom. The van der Waals surface area contributed by atoms with Gasteiger partial charge in [-0.1, -0.05) is 25.4 Å². The van der Waals surface area contributed by atoms with E-state index in [1.54, 1.807) is 0 Å². The molecule has 2 nitrogen and oxygen atoms in total. The molecule has 0 atom stereocenters. The Morgan fingerprint density at radius 2 is 1.76 bits per heavy atom. The normalized spacial score (nSPS) is 11.6. The van der Waals surface area contributed by atoms with Gasteiger partial charge in [0.2, 0.25) is 0 Å². The summed E-state index contributed by atoms with van der Waals surface area (Å²) in [5.74, 6) is 0.886. The lowest BCUT2D eigenvalue weighted by molar-refractivity contribution is 0.233. The highest BCUT2D eigenvalue weighted by Gasteiger charge is 2.15. The van der Waals surface area contributed by atoms with Crippen molar-refractivity contribution < 1.29 is 4.74 Å². The summed E-state index contributed by atoms with van der Waals surface area (Å²) in [5, 5.41) is 0.819.